The first kappa shape index (κ1) is 18.6. The van der Waals surface area contributed by atoms with Gasteiger partial charge in [0.25, 0.3) is 5.56 Å². The quantitative estimate of drug-likeness (QED) is 0.571. The van der Waals surface area contributed by atoms with Crippen LogP contribution < -0.4 is 15.6 Å². The molecule has 27 heavy (non-hydrogen) atoms. The number of nitrogens with one attached hydrogen (secondary N) is 2. The van der Waals surface area contributed by atoms with E-state index in [1.165, 1.54) is 0 Å². The SMILES string of the molecule is O=C(CCc1nc2ccccc2c(=O)[nH]1)NCCCCOc1ccccc1. The molecular formula is C21H23N3O3. The maximum Gasteiger partial charge on any atom is 0.258 e. The number of para-hydroxylation sites is 2. The van der Waals surface area contributed by atoms with E-state index in [2.05, 4.69) is 15.3 Å². The molecule has 0 aliphatic heterocycles. The Morgan fingerprint density at radius 1 is 1.04 bits per heavy atom. The van der Waals surface area contributed by atoms with Crippen molar-refractivity contribution in [2.24, 2.45) is 0 Å². The van der Waals surface area contributed by atoms with Crippen LogP contribution in [0.1, 0.15) is 25.1 Å². The smallest absolute Gasteiger partial charge is 0.258 e. The lowest BCUT2D eigenvalue weighted by Crippen LogP contribution is -2.25. The maximum absolute atomic E-state index is 12.0. The van der Waals surface area contributed by atoms with Crippen molar-refractivity contribution in [2.45, 2.75) is 25.7 Å². The van der Waals surface area contributed by atoms with Gasteiger partial charge in [0.1, 0.15) is 11.6 Å². The van der Waals surface area contributed by atoms with Crippen LogP contribution in [-0.2, 0) is 11.2 Å². The highest BCUT2D eigenvalue weighted by Crippen LogP contribution is 2.09. The molecule has 0 aliphatic carbocycles. The third-order valence-electron chi connectivity index (χ3n) is 4.16. The number of H-pyrrole nitrogens is 1. The van der Waals surface area contributed by atoms with Crippen molar-refractivity contribution in [1.82, 2.24) is 15.3 Å². The van der Waals surface area contributed by atoms with Gasteiger partial charge in [-0.25, -0.2) is 4.98 Å². The minimum absolute atomic E-state index is 0.0465. The van der Waals surface area contributed by atoms with Gasteiger partial charge < -0.3 is 15.0 Å². The number of aryl methyl sites for hydroxylation is 1. The molecule has 3 aromatic rings. The third kappa shape index (κ3) is 5.67. The zero-order valence-electron chi connectivity index (χ0n) is 15.1. The Bertz CT molecular complexity index is 938. The number of aromatic nitrogens is 2. The zero-order chi connectivity index (χ0) is 18.9. The van der Waals surface area contributed by atoms with E-state index in [-0.39, 0.29) is 11.5 Å². The molecule has 0 fully saturated rings. The summed E-state index contributed by atoms with van der Waals surface area (Å²) in [6.07, 6.45) is 2.42. The Balaban J connectivity index is 1.34. The first-order valence-corrected chi connectivity index (χ1v) is 9.15. The summed E-state index contributed by atoms with van der Waals surface area (Å²) in [6.45, 7) is 1.24. The molecule has 3 rings (SSSR count). The van der Waals surface area contributed by atoms with E-state index in [4.69, 9.17) is 4.74 Å². The number of nitrogens with zero attached hydrogens (tertiary/aromatic N) is 1. The topological polar surface area (TPSA) is 84.1 Å². The second-order valence-electron chi connectivity index (χ2n) is 6.25. The van der Waals surface area contributed by atoms with Crippen LogP contribution in [0.5, 0.6) is 5.75 Å². The predicted molar refractivity (Wildman–Crippen MR) is 105 cm³/mol. The Morgan fingerprint density at radius 2 is 1.81 bits per heavy atom. The van der Waals surface area contributed by atoms with E-state index < -0.39 is 0 Å². The summed E-state index contributed by atoms with van der Waals surface area (Å²) in [7, 11) is 0. The van der Waals surface area contributed by atoms with Gasteiger partial charge in [0.2, 0.25) is 5.91 Å². The molecule has 6 nitrogen and oxygen atoms in total. The standard InChI is InChI=1S/C21H23N3O3/c25-20(22-14-6-7-15-27-16-8-2-1-3-9-16)13-12-19-23-18-11-5-4-10-17(18)21(26)24-19/h1-5,8-11H,6-7,12-15H2,(H,22,25)(H,23,24,26). The van der Waals surface area contributed by atoms with Crippen LogP contribution in [-0.4, -0.2) is 29.0 Å². The summed E-state index contributed by atoms with van der Waals surface area (Å²) in [4.78, 5) is 31.1. The number of rotatable bonds is 9. The second kappa shape index (κ2) is 9.52. The summed E-state index contributed by atoms with van der Waals surface area (Å²) in [6, 6.07) is 16.8. The molecule has 0 aliphatic rings. The lowest BCUT2D eigenvalue weighted by Gasteiger charge is -2.07. The number of fused-ring (bicyclic) bond motifs is 1. The molecule has 0 radical (unpaired) electrons. The summed E-state index contributed by atoms with van der Waals surface area (Å²) in [5, 5.41) is 3.45. The molecule has 2 N–H and O–H groups in total. The van der Waals surface area contributed by atoms with E-state index in [0.717, 1.165) is 18.6 Å². The highest BCUT2D eigenvalue weighted by molar-refractivity contribution is 5.78. The van der Waals surface area contributed by atoms with Gasteiger partial charge in [-0.3, -0.25) is 9.59 Å². The van der Waals surface area contributed by atoms with Gasteiger partial charge in [0.05, 0.1) is 17.5 Å². The Hall–Kier alpha value is -3.15. The average Bonchev–Trinajstić information content (AvgIpc) is 2.70. The number of amides is 1. The van der Waals surface area contributed by atoms with Crippen LogP contribution in [0.15, 0.2) is 59.4 Å². The Labute approximate surface area is 157 Å². The number of carbonyl (C=O) groups is 1. The summed E-state index contributed by atoms with van der Waals surface area (Å²) in [5.41, 5.74) is 0.476. The summed E-state index contributed by atoms with van der Waals surface area (Å²) >= 11 is 0. The van der Waals surface area contributed by atoms with E-state index >= 15 is 0 Å². The molecule has 0 saturated heterocycles. The second-order valence-corrected chi connectivity index (χ2v) is 6.25. The third-order valence-corrected chi connectivity index (χ3v) is 4.16. The molecule has 1 amide bonds. The van der Waals surface area contributed by atoms with Crippen LogP contribution in [0, 0.1) is 0 Å². The number of benzene rings is 2. The number of carbonyl (C=O) groups excluding carboxylic acids is 1. The maximum atomic E-state index is 12.0. The van der Waals surface area contributed by atoms with Crippen molar-refractivity contribution in [3.63, 3.8) is 0 Å². The molecule has 0 unspecified atom stereocenters. The van der Waals surface area contributed by atoms with Crippen molar-refractivity contribution in [3.05, 3.63) is 70.8 Å². The van der Waals surface area contributed by atoms with E-state index in [1.807, 2.05) is 36.4 Å². The van der Waals surface area contributed by atoms with Crippen LogP contribution in [0.3, 0.4) is 0 Å². The van der Waals surface area contributed by atoms with Crippen LogP contribution in [0.4, 0.5) is 0 Å². The number of hydrogen-bond donors (Lipinski definition) is 2. The molecule has 6 heteroatoms. The van der Waals surface area contributed by atoms with Gasteiger partial charge in [-0.2, -0.15) is 0 Å². The zero-order valence-corrected chi connectivity index (χ0v) is 15.1. The molecule has 1 heterocycles. The summed E-state index contributed by atoms with van der Waals surface area (Å²) < 4.78 is 5.61. The Kier molecular flexibility index (Phi) is 6.57. The van der Waals surface area contributed by atoms with Crippen molar-refractivity contribution in [1.29, 1.82) is 0 Å². The fourth-order valence-electron chi connectivity index (χ4n) is 2.74. The normalized spacial score (nSPS) is 10.7. The van der Waals surface area contributed by atoms with Crippen LogP contribution in [0.25, 0.3) is 10.9 Å². The van der Waals surface area contributed by atoms with Crippen LogP contribution >= 0.6 is 0 Å². The van der Waals surface area contributed by atoms with Gasteiger partial charge >= 0.3 is 0 Å². The van der Waals surface area contributed by atoms with E-state index in [1.54, 1.807) is 18.2 Å². The average molecular weight is 365 g/mol. The number of aromatic amines is 1. The molecular weight excluding hydrogens is 342 g/mol. The van der Waals surface area contributed by atoms with E-state index in [9.17, 15) is 9.59 Å². The van der Waals surface area contributed by atoms with Gasteiger partial charge in [0.15, 0.2) is 0 Å². The highest BCUT2D eigenvalue weighted by Gasteiger charge is 2.06. The molecule has 140 valence electrons. The van der Waals surface area contributed by atoms with Crippen molar-refractivity contribution in [3.8, 4) is 5.75 Å². The first-order valence-electron chi connectivity index (χ1n) is 9.15. The van der Waals surface area contributed by atoms with E-state index in [0.29, 0.717) is 42.7 Å². The monoisotopic (exact) mass is 365 g/mol. The lowest BCUT2D eigenvalue weighted by atomic mass is 10.2. The van der Waals surface area contributed by atoms with Gasteiger partial charge in [-0.1, -0.05) is 30.3 Å². The number of hydrogen-bond acceptors (Lipinski definition) is 4. The number of ether oxygens (including phenoxy) is 1. The fraction of sp³-hybridized carbons (Fsp3) is 0.286. The molecule has 2 aromatic carbocycles. The molecule has 0 saturated carbocycles. The molecule has 0 spiro atoms. The highest BCUT2D eigenvalue weighted by atomic mass is 16.5. The van der Waals surface area contributed by atoms with Crippen molar-refractivity contribution in [2.75, 3.05) is 13.2 Å². The summed E-state index contributed by atoms with van der Waals surface area (Å²) in [5.74, 6) is 1.35. The molecule has 0 bridgehead atoms. The van der Waals surface area contributed by atoms with Crippen molar-refractivity contribution < 1.29 is 9.53 Å². The first-order chi connectivity index (χ1) is 13.2. The Morgan fingerprint density at radius 3 is 2.67 bits per heavy atom. The van der Waals surface area contributed by atoms with Gasteiger partial charge in [-0.05, 0) is 37.1 Å². The minimum atomic E-state index is -0.172. The largest absolute Gasteiger partial charge is 0.494 e. The lowest BCUT2D eigenvalue weighted by molar-refractivity contribution is -0.121. The van der Waals surface area contributed by atoms with Gasteiger partial charge in [-0.15, -0.1) is 0 Å². The molecule has 1 aromatic heterocycles. The molecule has 0 atom stereocenters. The number of unbranched alkanes of at least 4 members (excludes halogenated alkanes) is 1. The fourth-order valence-corrected chi connectivity index (χ4v) is 2.74. The predicted octanol–water partition coefficient (Wildman–Crippen LogP) is 2.83. The van der Waals surface area contributed by atoms with Gasteiger partial charge in [0, 0.05) is 19.4 Å². The van der Waals surface area contributed by atoms with Crippen molar-refractivity contribution >= 4 is 16.8 Å². The minimum Gasteiger partial charge on any atom is -0.494 e. The van der Waals surface area contributed by atoms with Crippen LogP contribution in [0.2, 0.25) is 0 Å².